The number of hydrogen-bond acceptors (Lipinski definition) is 6. The number of carbonyl (C=O) groups excluding carboxylic acids is 2. The van der Waals surface area contributed by atoms with E-state index in [1.54, 1.807) is 38.5 Å². The molecule has 0 aromatic heterocycles. The highest BCUT2D eigenvalue weighted by molar-refractivity contribution is 7.99. The Bertz CT molecular complexity index is 840. The second-order valence-corrected chi connectivity index (χ2v) is 7.07. The lowest BCUT2D eigenvalue weighted by atomic mass is 10.1. The van der Waals surface area contributed by atoms with E-state index >= 15 is 0 Å². The van der Waals surface area contributed by atoms with Gasteiger partial charge in [0.15, 0.2) is 11.5 Å². The minimum Gasteiger partial charge on any atom is -0.494 e. The lowest BCUT2D eigenvalue weighted by Crippen LogP contribution is -2.42. The molecule has 156 valence electrons. The van der Waals surface area contributed by atoms with Gasteiger partial charge in [-0.05, 0) is 61.4 Å². The molecule has 0 atom stereocenters. The van der Waals surface area contributed by atoms with Crippen molar-refractivity contribution in [1.29, 1.82) is 0 Å². The van der Waals surface area contributed by atoms with Crippen LogP contribution in [0, 0.1) is 6.92 Å². The number of ether oxygens (including phenoxy) is 3. The van der Waals surface area contributed by atoms with Crippen LogP contribution in [0.2, 0.25) is 0 Å². The van der Waals surface area contributed by atoms with Gasteiger partial charge in [-0.25, -0.2) is 0 Å². The minimum atomic E-state index is -0.387. The molecule has 2 amide bonds. The summed E-state index contributed by atoms with van der Waals surface area (Å²) in [7, 11) is 3.18. The largest absolute Gasteiger partial charge is 0.494 e. The van der Waals surface area contributed by atoms with Crippen LogP contribution in [-0.4, -0.2) is 38.4 Å². The normalized spacial score (nSPS) is 10.2. The summed E-state index contributed by atoms with van der Waals surface area (Å²) in [6.07, 6.45) is 0. The molecule has 0 spiro atoms. The topological polar surface area (TPSA) is 85.9 Å². The van der Waals surface area contributed by atoms with Gasteiger partial charge in [0.25, 0.3) is 5.91 Å². The summed E-state index contributed by atoms with van der Waals surface area (Å²) in [4.78, 5) is 24.1. The predicted octanol–water partition coefficient (Wildman–Crippen LogP) is 3.11. The van der Waals surface area contributed by atoms with E-state index in [9.17, 15) is 9.59 Å². The third-order valence-electron chi connectivity index (χ3n) is 4.08. The van der Waals surface area contributed by atoms with Gasteiger partial charge >= 0.3 is 0 Å². The number of rotatable bonds is 9. The fraction of sp³-hybridized carbons (Fsp3) is 0.333. The van der Waals surface area contributed by atoms with Crippen molar-refractivity contribution < 1.29 is 23.8 Å². The summed E-state index contributed by atoms with van der Waals surface area (Å²) < 4.78 is 15.9. The number of methoxy groups -OCH3 is 2. The second-order valence-electron chi connectivity index (χ2n) is 6.09. The first kappa shape index (κ1) is 22.4. The zero-order valence-electron chi connectivity index (χ0n) is 17.0. The molecule has 0 saturated heterocycles. The summed E-state index contributed by atoms with van der Waals surface area (Å²) >= 11 is 1.44. The van der Waals surface area contributed by atoms with Gasteiger partial charge in [0.1, 0.15) is 5.75 Å². The van der Waals surface area contributed by atoms with Gasteiger partial charge in [0, 0.05) is 11.3 Å². The molecule has 2 aromatic rings. The summed E-state index contributed by atoms with van der Waals surface area (Å²) in [6.45, 7) is 4.43. The first-order chi connectivity index (χ1) is 14.0. The van der Waals surface area contributed by atoms with Crippen LogP contribution in [0.15, 0.2) is 36.4 Å². The van der Waals surface area contributed by atoms with E-state index < -0.39 is 0 Å². The fourth-order valence-corrected chi connectivity index (χ4v) is 3.43. The van der Waals surface area contributed by atoms with Gasteiger partial charge in [-0.15, -0.1) is 11.8 Å². The molecule has 2 rings (SSSR count). The van der Waals surface area contributed by atoms with Crippen molar-refractivity contribution in [2.45, 2.75) is 19.6 Å². The first-order valence-corrected chi connectivity index (χ1v) is 10.2. The lowest BCUT2D eigenvalue weighted by molar-refractivity contribution is -0.119. The maximum atomic E-state index is 12.1. The van der Waals surface area contributed by atoms with Gasteiger partial charge in [0.05, 0.1) is 26.6 Å². The smallest absolute Gasteiger partial charge is 0.269 e. The minimum absolute atomic E-state index is 0.206. The predicted molar refractivity (Wildman–Crippen MR) is 114 cm³/mol. The molecule has 0 radical (unpaired) electrons. The Kier molecular flexibility index (Phi) is 8.67. The van der Waals surface area contributed by atoms with E-state index in [4.69, 9.17) is 14.2 Å². The molecule has 0 bridgehead atoms. The van der Waals surface area contributed by atoms with E-state index in [-0.39, 0.29) is 17.6 Å². The van der Waals surface area contributed by atoms with Crippen molar-refractivity contribution in [2.75, 3.05) is 26.6 Å². The zero-order chi connectivity index (χ0) is 21.2. The van der Waals surface area contributed by atoms with E-state index in [0.717, 1.165) is 11.1 Å². The van der Waals surface area contributed by atoms with E-state index in [1.165, 1.54) is 11.8 Å². The van der Waals surface area contributed by atoms with Crippen LogP contribution < -0.4 is 25.1 Å². The number of hydrazine groups is 1. The zero-order valence-corrected chi connectivity index (χ0v) is 17.9. The molecular formula is C21H26N2O5S. The average molecular weight is 419 g/mol. The third kappa shape index (κ3) is 6.60. The van der Waals surface area contributed by atoms with E-state index in [2.05, 4.69) is 10.9 Å². The second kappa shape index (κ2) is 11.2. The first-order valence-electron chi connectivity index (χ1n) is 9.09. The van der Waals surface area contributed by atoms with Crippen molar-refractivity contribution in [3.05, 3.63) is 53.1 Å². The molecular weight excluding hydrogens is 392 g/mol. The monoisotopic (exact) mass is 418 g/mol. The molecule has 0 aliphatic heterocycles. The fourth-order valence-electron chi connectivity index (χ4n) is 2.54. The van der Waals surface area contributed by atoms with Gasteiger partial charge in [0.2, 0.25) is 5.91 Å². The van der Waals surface area contributed by atoms with Gasteiger partial charge in [-0.1, -0.05) is 0 Å². The third-order valence-corrected chi connectivity index (χ3v) is 5.06. The van der Waals surface area contributed by atoms with Gasteiger partial charge < -0.3 is 14.2 Å². The SMILES string of the molecule is CCOc1ccc(C(=O)NNC(=O)CSCc2cc(OC)c(OC)cc2C)cc1. The number of carbonyl (C=O) groups is 2. The van der Waals surface area contributed by atoms with Crippen molar-refractivity contribution >= 4 is 23.6 Å². The number of amides is 2. The number of nitrogens with one attached hydrogen (secondary N) is 2. The summed E-state index contributed by atoms with van der Waals surface area (Å²) in [6, 6.07) is 10.5. The van der Waals surface area contributed by atoms with E-state index in [1.807, 2.05) is 26.0 Å². The van der Waals surface area contributed by atoms with Crippen LogP contribution in [0.4, 0.5) is 0 Å². The Hall–Kier alpha value is -2.87. The van der Waals surface area contributed by atoms with Gasteiger partial charge in [-0.3, -0.25) is 20.4 Å². The molecule has 0 aliphatic carbocycles. The Labute approximate surface area is 175 Å². The van der Waals surface area contributed by atoms with Crippen LogP contribution in [0.3, 0.4) is 0 Å². The summed E-state index contributed by atoms with van der Waals surface area (Å²) in [5, 5.41) is 0. The maximum Gasteiger partial charge on any atom is 0.269 e. The number of hydrogen-bond donors (Lipinski definition) is 2. The lowest BCUT2D eigenvalue weighted by Gasteiger charge is -2.13. The average Bonchev–Trinajstić information content (AvgIpc) is 2.73. The Morgan fingerprint density at radius 2 is 1.66 bits per heavy atom. The quantitative estimate of drug-likeness (QED) is 0.609. The highest BCUT2D eigenvalue weighted by Gasteiger charge is 2.11. The molecule has 0 saturated carbocycles. The number of aryl methyl sites for hydroxylation is 1. The molecule has 8 heteroatoms. The molecule has 2 N–H and O–H groups in total. The molecule has 0 unspecified atom stereocenters. The number of benzene rings is 2. The van der Waals surface area contributed by atoms with Crippen molar-refractivity contribution in [3.8, 4) is 17.2 Å². The van der Waals surface area contributed by atoms with Crippen LogP contribution in [-0.2, 0) is 10.5 Å². The highest BCUT2D eigenvalue weighted by Crippen LogP contribution is 2.31. The molecule has 0 fully saturated rings. The van der Waals surface area contributed by atoms with Crippen LogP contribution in [0.1, 0.15) is 28.4 Å². The van der Waals surface area contributed by atoms with Crippen molar-refractivity contribution in [3.63, 3.8) is 0 Å². The van der Waals surface area contributed by atoms with Crippen LogP contribution in [0.25, 0.3) is 0 Å². The molecule has 2 aromatic carbocycles. The summed E-state index contributed by atoms with van der Waals surface area (Å²) in [5.74, 6) is 2.18. The Balaban J connectivity index is 1.79. The molecule has 0 heterocycles. The molecule has 0 aliphatic rings. The summed E-state index contributed by atoms with van der Waals surface area (Å²) in [5.41, 5.74) is 7.38. The van der Waals surface area contributed by atoms with Crippen molar-refractivity contribution in [2.24, 2.45) is 0 Å². The maximum absolute atomic E-state index is 12.1. The van der Waals surface area contributed by atoms with Gasteiger partial charge in [-0.2, -0.15) is 0 Å². The highest BCUT2D eigenvalue weighted by atomic mass is 32.2. The molecule has 7 nitrogen and oxygen atoms in total. The van der Waals surface area contributed by atoms with Crippen LogP contribution >= 0.6 is 11.8 Å². The van der Waals surface area contributed by atoms with E-state index in [0.29, 0.717) is 35.2 Å². The Morgan fingerprint density at radius 1 is 1.00 bits per heavy atom. The van der Waals surface area contributed by atoms with Crippen LogP contribution in [0.5, 0.6) is 17.2 Å². The standard InChI is InChI=1S/C21H26N2O5S/c1-5-28-17-8-6-15(7-9-17)21(25)23-22-20(24)13-29-12-16-11-19(27-4)18(26-3)10-14(16)2/h6-11H,5,12-13H2,1-4H3,(H,22,24)(H,23,25). The number of thioether (sulfide) groups is 1. The Morgan fingerprint density at radius 3 is 2.28 bits per heavy atom. The molecule has 29 heavy (non-hydrogen) atoms. The van der Waals surface area contributed by atoms with Crippen molar-refractivity contribution in [1.82, 2.24) is 10.9 Å².